The van der Waals surface area contributed by atoms with Crippen molar-refractivity contribution in [2.45, 2.75) is 111 Å². The Bertz CT molecular complexity index is 1570. The van der Waals surface area contributed by atoms with E-state index >= 15 is 0 Å². The molecule has 0 aromatic carbocycles. The first-order valence-corrected chi connectivity index (χ1v) is 16.1. The summed E-state index contributed by atoms with van der Waals surface area (Å²) >= 11 is 0. The largest absolute Gasteiger partial charge is 0.458 e. The van der Waals surface area contributed by atoms with Crippen molar-refractivity contribution < 1.29 is 62.0 Å². The Labute approximate surface area is 290 Å². The second-order valence-corrected chi connectivity index (χ2v) is 13.5. The van der Waals surface area contributed by atoms with Crippen LogP contribution in [0.5, 0.6) is 0 Å². The van der Waals surface area contributed by atoms with Gasteiger partial charge in [-0.15, -0.1) is 0 Å². The second-order valence-electron chi connectivity index (χ2n) is 13.5. The van der Waals surface area contributed by atoms with E-state index in [2.05, 4.69) is 11.6 Å². The number of fused-ring (bicyclic) bond motifs is 1. The van der Waals surface area contributed by atoms with Gasteiger partial charge in [-0.2, -0.15) is 0 Å². The van der Waals surface area contributed by atoms with Crippen molar-refractivity contribution in [2.75, 3.05) is 0 Å². The van der Waals surface area contributed by atoms with E-state index in [1.165, 1.54) is 31.5 Å². The number of rotatable bonds is 7. The lowest BCUT2D eigenvalue weighted by Gasteiger charge is -2.42. The Morgan fingerprint density at radius 2 is 1.44 bits per heavy atom. The Morgan fingerprint density at radius 1 is 0.840 bits per heavy atom. The fraction of sp³-hybridized carbons (Fsp3) is 0.556. The first-order valence-electron chi connectivity index (χ1n) is 16.1. The Hall–Kier alpha value is -4.88. The quantitative estimate of drug-likeness (QED) is 0.227. The highest BCUT2D eigenvalue weighted by Crippen LogP contribution is 2.54. The summed E-state index contributed by atoms with van der Waals surface area (Å²) in [7, 11) is 0. The van der Waals surface area contributed by atoms with Crippen LogP contribution in [0.1, 0.15) is 85.5 Å². The van der Waals surface area contributed by atoms with Crippen LogP contribution in [0.25, 0.3) is 0 Å². The van der Waals surface area contributed by atoms with Crippen molar-refractivity contribution in [3.8, 4) is 0 Å². The molecule has 2 aliphatic carbocycles. The van der Waals surface area contributed by atoms with Crippen molar-refractivity contribution in [3.63, 3.8) is 0 Å². The third-order valence-electron chi connectivity index (χ3n) is 8.83. The molecule has 1 saturated carbocycles. The maximum atomic E-state index is 14.8. The van der Waals surface area contributed by atoms with Crippen molar-refractivity contribution in [3.05, 3.63) is 54.4 Å². The zero-order chi connectivity index (χ0) is 37.8. The average Bonchev–Trinajstić information content (AvgIpc) is 3.22. The summed E-state index contributed by atoms with van der Waals surface area (Å²) in [5.41, 5.74) is -5.08. The molecule has 1 unspecified atom stereocenters. The van der Waals surface area contributed by atoms with E-state index in [9.17, 15) is 33.6 Å². The van der Waals surface area contributed by atoms with Crippen molar-refractivity contribution in [1.29, 1.82) is 0 Å². The lowest BCUT2D eigenvalue weighted by atomic mass is 9.72. The number of hydrogen-bond donors (Lipinski definition) is 0. The number of allylic oxidation sites excluding steroid dienone is 1. The molecule has 3 rings (SSSR count). The molecule has 1 aromatic heterocycles. The van der Waals surface area contributed by atoms with Gasteiger partial charge in [0.2, 0.25) is 0 Å². The number of Topliss-reactive ketones (excluding diaryl/α,β-unsaturated/α-hetero) is 1. The number of esters is 6. The zero-order valence-corrected chi connectivity index (χ0v) is 29.8. The fourth-order valence-corrected chi connectivity index (χ4v) is 6.80. The Balaban J connectivity index is 2.41. The van der Waals surface area contributed by atoms with E-state index in [0.717, 1.165) is 34.6 Å². The molecule has 1 aromatic rings. The Kier molecular flexibility index (Phi) is 12.1. The predicted octanol–water partition coefficient (Wildman–Crippen LogP) is 3.79. The summed E-state index contributed by atoms with van der Waals surface area (Å²) in [6.07, 6.45) is -0.387. The summed E-state index contributed by atoms with van der Waals surface area (Å²) in [5, 5.41) is 0. The Morgan fingerprint density at radius 3 is 1.96 bits per heavy atom. The van der Waals surface area contributed by atoms with Crippen LogP contribution in [0.2, 0.25) is 0 Å². The molecule has 0 amide bonds. The molecule has 14 nitrogen and oxygen atoms in total. The summed E-state index contributed by atoms with van der Waals surface area (Å²) < 4.78 is 34.9. The minimum atomic E-state index is -2.25. The molecule has 272 valence electrons. The number of carbonyl (C=O) groups is 7. The number of nitrogens with zero attached hydrogens (tertiary/aromatic N) is 1. The van der Waals surface area contributed by atoms with Crippen LogP contribution in [-0.4, -0.2) is 82.2 Å². The molecule has 0 bridgehead atoms. The van der Waals surface area contributed by atoms with Crippen LogP contribution in [0, 0.1) is 17.3 Å². The van der Waals surface area contributed by atoms with E-state index in [1.54, 1.807) is 32.9 Å². The van der Waals surface area contributed by atoms with Gasteiger partial charge in [-0.25, -0.2) is 4.79 Å². The highest BCUT2D eigenvalue weighted by atomic mass is 16.6. The number of aromatic nitrogens is 1. The number of ether oxygens (including phenoxy) is 6. The van der Waals surface area contributed by atoms with E-state index in [-0.39, 0.29) is 17.6 Å². The van der Waals surface area contributed by atoms with E-state index < -0.39 is 101 Å². The van der Waals surface area contributed by atoms with Gasteiger partial charge >= 0.3 is 35.8 Å². The molecule has 0 N–H and O–H groups in total. The first kappa shape index (κ1) is 39.6. The lowest BCUT2D eigenvalue weighted by molar-refractivity contribution is -0.190. The van der Waals surface area contributed by atoms with E-state index in [4.69, 9.17) is 28.4 Å². The molecular formula is C36H45NO13. The van der Waals surface area contributed by atoms with Gasteiger partial charge in [-0.1, -0.05) is 39.5 Å². The summed E-state index contributed by atoms with van der Waals surface area (Å²) in [4.78, 5) is 95.5. The molecule has 1 heterocycles. The van der Waals surface area contributed by atoms with Gasteiger partial charge in [0.15, 0.2) is 23.1 Å². The average molecular weight is 700 g/mol. The van der Waals surface area contributed by atoms with Crippen LogP contribution in [0.4, 0.5) is 0 Å². The standard InChI is InChI=1S/C36H45NO13/c1-19-13-14-34(8,9)28(48-33(44)26-12-11-15-37-17-26)16-27(45-21(3)38)20(2)30(46-22(4)39)29-32(47-23(5)40)35(10,49-24(6)41)18-36(29,31(19)43)50-25(7)42/h11-15,17,19,27-30,32H,2,16,18H2,1,3-10H3/t19-,27-,28-,29?,30+,32-,35-,36+/m1/s1. The molecular weight excluding hydrogens is 654 g/mol. The number of ketones is 1. The van der Waals surface area contributed by atoms with Gasteiger partial charge in [0.05, 0.1) is 11.5 Å². The molecule has 8 atom stereocenters. The summed E-state index contributed by atoms with van der Waals surface area (Å²) in [5.74, 6) is -8.29. The van der Waals surface area contributed by atoms with Crippen LogP contribution in [0.3, 0.4) is 0 Å². The van der Waals surface area contributed by atoms with Gasteiger partial charge in [-0.05, 0) is 19.1 Å². The maximum absolute atomic E-state index is 14.8. The third kappa shape index (κ3) is 8.82. The summed E-state index contributed by atoms with van der Waals surface area (Å²) in [6.45, 7) is 16.0. The van der Waals surface area contributed by atoms with Crippen LogP contribution in [-0.2, 0) is 57.2 Å². The number of carbonyl (C=O) groups excluding carboxylic acids is 7. The third-order valence-corrected chi connectivity index (χ3v) is 8.83. The van der Waals surface area contributed by atoms with Gasteiger partial charge in [0, 0.05) is 76.8 Å². The van der Waals surface area contributed by atoms with Gasteiger partial charge in [0.25, 0.3) is 0 Å². The van der Waals surface area contributed by atoms with Crippen LogP contribution in [0.15, 0.2) is 48.8 Å². The minimum absolute atomic E-state index is 0.121. The fourth-order valence-electron chi connectivity index (χ4n) is 6.80. The van der Waals surface area contributed by atoms with Crippen LogP contribution >= 0.6 is 0 Å². The molecule has 2 aliphatic rings. The van der Waals surface area contributed by atoms with Gasteiger partial charge < -0.3 is 28.4 Å². The first-order chi connectivity index (χ1) is 23.1. The van der Waals surface area contributed by atoms with E-state index in [0.29, 0.717) is 0 Å². The smallest absolute Gasteiger partial charge is 0.340 e. The predicted molar refractivity (Wildman–Crippen MR) is 174 cm³/mol. The summed E-state index contributed by atoms with van der Waals surface area (Å²) in [6, 6.07) is 3.07. The molecule has 0 saturated heterocycles. The SMILES string of the molecule is C=C1[C@H](OC(C)=O)C[C@@H](OC(=O)c2cccnc2)C(C)(C)C=C[C@@H](C)C(=O)[C@]2(OC(C)=O)C[C@@](C)(OC(C)=O)[C@H](OC(C)=O)C2[C@H]1OC(C)=O. The molecule has 0 aliphatic heterocycles. The molecule has 14 heteroatoms. The highest BCUT2D eigenvalue weighted by molar-refractivity contribution is 5.94. The zero-order valence-electron chi connectivity index (χ0n) is 29.8. The maximum Gasteiger partial charge on any atom is 0.340 e. The lowest BCUT2D eigenvalue weighted by Crippen LogP contribution is -2.57. The topological polar surface area (TPSA) is 188 Å². The monoisotopic (exact) mass is 699 g/mol. The van der Waals surface area contributed by atoms with Crippen LogP contribution < -0.4 is 0 Å². The molecule has 0 spiro atoms. The van der Waals surface area contributed by atoms with Crippen molar-refractivity contribution in [2.24, 2.45) is 17.3 Å². The van der Waals surface area contributed by atoms with Crippen molar-refractivity contribution >= 4 is 41.6 Å². The number of pyridine rings is 1. The molecule has 1 fully saturated rings. The van der Waals surface area contributed by atoms with Gasteiger partial charge in [-0.3, -0.25) is 33.8 Å². The second kappa shape index (κ2) is 15.3. The number of hydrogen-bond acceptors (Lipinski definition) is 14. The normalized spacial score (nSPS) is 30.7. The van der Waals surface area contributed by atoms with Crippen molar-refractivity contribution in [1.82, 2.24) is 4.98 Å². The minimum Gasteiger partial charge on any atom is -0.458 e. The van der Waals surface area contributed by atoms with Gasteiger partial charge in [0.1, 0.15) is 18.3 Å². The highest BCUT2D eigenvalue weighted by Gasteiger charge is 2.71. The molecule has 50 heavy (non-hydrogen) atoms. The van der Waals surface area contributed by atoms with E-state index in [1.807, 2.05) is 0 Å². The molecule has 0 radical (unpaired) electrons.